The predicted molar refractivity (Wildman–Crippen MR) is 79.8 cm³/mol. The van der Waals surface area contributed by atoms with Gasteiger partial charge in [-0.3, -0.25) is 4.90 Å². The highest BCUT2D eigenvalue weighted by Gasteiger charge is 2.20. The molecule has 0 unspecified atom stereocenters. The number of rotatable bonds is 4. The topological polar surface area (TPSA) is 51.4 Å². The van der Waals surface area contributed by atoms with E-state index in [1.54, 1.807) is 7.11 Å². The summed E-state index contributed by atoms with van der Waals surface area (Å²) >= 11 is 0. The first kappa shape index (κ1) is 14.2. The molecule has 21 heavy (non-hydrogen) atoms. The summed E-state index contributed by atoms with van der Waals surface area (Å²) in [5.74, 6) is 1.35. The van der Waals surface area contributed by atoms with Crippen molar-refractivity contribution in [1.29, 1.82) is 0 Å². The summed E-state index contributed by atoms with van der Waals surface area (Å²) in [6.45, 7) is 4.81. The standard InChI is InChI=1S/C16H21N3O2/c1-12-4-3-5-13(10-12)16-17-15(21-18-16)11-19-8-6-14(20-2)7-9-19/h3-5,10,14H,6-9,11H2,1-2H3. The molecule has 0 aliphatic carbocycles. The Morgan fingerprint density at radius 2 is 2.14 bits per heavy atom. The van der Waals surface area contributed by atoms with Gasteiger partial charge in [0.2, 0.25) is 11.7 Å². The Balaban J connectivity index is 1.63. The molecule has 1 fully saturated rings. The largest absolute Gasteiger partial charge is 0.381 e. The zero-order valence-corrected chi connectivity index (χ0v) is 12.6. The molecular formula is C16H21N3O2. The van der Waals surface area contributed by atoms with Crippen molar-refractivity contribution in [2.45, 2.75) is 32.4 Å². The van der Waals surface area contributed by atoms with Crippen molar-refractivity contribution in [3.8, 4) is 11.4 Å². The second kappa shape index (κ2) is 6.37. The maximum Gasteiger partial charge on any atom is 0.241 e. The van der Waals surface area contributed by atoms with E-state index in [4.69, 9.17) is 9.26 Å². The molecule has 2 heterocycles. The van der Waals surface area contributed by atoms with Gasteiger partial charge >= 0.3 is 0 Å². The SMILES string of the molecule is COC1CCN(Cc2nc(-c3cccc(C)c3)no2)CC1. The van der Waals surface area contributed by atoms with Crippen LogP contribution >= 0.6 is 0 Å². The number of hydrogen-bond acceptors (Lipinski definition) is 5. The Labute approximate surface area is 124 Å². The number of ether oxygens (including phenoxy) is 1. The average molecular weight is 287 g/mol. The van der Waals surface area contributed by atoms with Gasteiger partial charge in [-0.1, -0.05) is 28.9 Å². The summed E-state index contributed by atoms with van der Waals surface area (Å²) in [6.07, 6.45) is 2.52. The van der Waals surface area contributed by atoms with Crippen LogP contribution in [-0.2, 0) is 11.3 Å². The van der Waals surface area contributed by atoms with Crippen molar-refractivity contribution in [2.75, 3.05) is 20.2 Å². The monoisotopic (exact) mass is 287 g/mol. The van der Waals surface area contributed by atoms with Crippen LogP contribution in [0.25, 0.3) is 11.4 Å². The molecular weight excluding hydrogens is 266 g/mol. The molecule has 2 aromatic rings. The zero-order chi connectivity index (χ0) is 14.7. The number of aryl methyl sites for hydroxylation is 1. The van der Waals surface area contributed by atoms with E-state index in [1.807, 2.05) is 12.1 Å². The van der Waals surface area contributed by atoms with Crippen LogP contribution in [0.3, 0.4) is 0 Å². The van der Waals surface area contributed by atoms with Crippen molar-refractivity contribution in [2.24, 2.45) is 0 Å². The van der Waals surface area contributed by atoms with Crippen LogP contribution in [0.5, 0.6) is 0 Å². The van der Waals surface area contributed by atoms with Gasteiger partial charge in [-0.05, 0) is 25.8 Å². The molecule has 5 nitrogen and oxygen atoms in total. The van der Waals surface area contributed by atoms with E-state index in [2.05, 4.69) is 34.1 Å². The maximum absolute atomic E-state index is 5.38. The molecule has 0 spiro atoms. The van der Waals surface area contributed by atoms with E-state index in [1.165, 1.54) is 5.56 Å². The molecule has 0 amide bonds. The van der Waals surface area contributed by atoms with E-state index >= 15 is 0 Å². The summed E-state index contributed by atoms with van der Waals surface area (Å²) in [7, 11) is 1.78. The fourth-order valence-corrected chi connectivity index (χ4v) is 2.71. The van der Waals surface area contributed by atoms with Crippen LogP contribution in [0.1, 0.15) is 24.3 Å². The first-order chi connectivity index (χ1) is 10.2. The molecule has 0 radical (unpaired) electrons. The Kier molecular flexibility index (Phi) is 4.31. The first-order valence-electron chi connectivity index (χ1n) is 7.39. The van der Waals surface area contributed by atoms with Crippen molar-refractivity contribution in [3.63, 3.8) is 0 Å². The lowest BCUT2D eigenvalue weighted by atomic mass is 10.1. The molecule has 1 saturated heterocycles. The van der Waals surface area contributed by atoms with Crippen LogP contribution < -0.4 is 0 Å². The van der Waals surface area contributed by atoms with Gasteiger partial charge in [-0.25, -0.2) is 0 Å². The molecule has 1 aliphatic heterocycles. The van der Waals surface area contributed by atoms with Crippen LogP contribution in [0.4, 0.5) is 0 Å². The van der Waals surface area contributed by atoms with Crippen LogP contribution in [0, 0.1) is 6.92 Å². The molecule has 3 rings (SSSR count). The van der Waals surface area contributed by atoms with Gasteiger partial charge < -0.3 is 9.26 Å². The summed E-state index contributed by atoms with van der Waals surface area (Å²) in [5, 5.41) is 4.09. The van der Waals surface area contributed by atoms with E-state index < -0.39 is 0 Å². The highest BCUT2D eigenvalue weighted by molar-refractivity contribution is 5.55. The molecule has 1 aliphatic rings. The van der Waals surface area contributed by atoms with Crippen molar-refractivity contribution >= 4 is 0 Å². The van der Waals surface area contributed by atoms with Gasteiger partial charge in [-0.2, -0.15) is 4.98 Å². The van der Waals surface area contributed by atoms with Crippen molar-refractivity contribution in [3.05, 3.63) is 35.7 Å². The second-order valence-corrected chi connectivity index (χ2v) is 5.59. The second-order valence-electron chi connectivity index (χ2n) is 5.59. The zero-order valence-electron chi connectivity index (χ0n) is 12.6. The predicted octanol–water partition coefficient (Wildman–Crippen LogP) is 2.66. The molecule has 1 aromatic heterocycles. The average Bonchev–Trinajstić information content (AvgIpc) is 2.97. The van der Waals surface area contributed by atoms with Crippen LogP contribution in [-0.4, -0.2) is 41.3 Å². The summed E-state index contributed by atoms with van der Waals surface area (Å²) in [4.78, 5) is 6.84. The third-order valence-electron chi connectivity index (χ3n) is 3.97. The van der Waals surface area contributed by atoms with Gasteiger partial charge in [0.1, 0.15) is 0 Å². The summed E-state index contributed by atoms with van der Waals surface area (Å²) in [6, 6.07) is 8.14. The summed E-state index contributed by atoms with van der Waals surface area (Å²) < 4.78 is 10.8. The number of piperidine rings is 1. The fourth-order valence-electron chi connectivity index (χ4n) is 2.71. The number of aromatic nitrogens is 2. The van der Waals surface area contributed by atoms with Gasteiger partial charge in [0.15, 0.2) is 0 Å². The van der Waals surface area contributed by atoms with E-state index in [0.717, 1.165) is 38.0 Å². The smallest absolute Gasteiger partial charge is 0.241 e. The Bertz CT molecular complexity index is 589. The lowest BCUT2D eigenvalue weighted by molar-refractivity contribution is 0.0359. The molecule has 0 atom stereocenters. The number of nitrogens with zero attached hydrogens (tertiary/aromatic N) is 3. The number of likely N-dealkylation sites (tertiary alicyclic amines) is 1. The Morgan fingerprint density at radius 1 is 1.33 bits per heavy atom. The number of benzene rings is 1. The first-order valence-corrected chi connectivity index (χ1v) is 7.39. The van der Waals surface area contributed by atoms with E-state index in [9.17, 15) is 0 Å². The minimum Gasteiger partial charge on any atom is -0.381 e. The normalized spacial score (nSPS) is 17.2. The van der Waals surface area contributed by atoms with Crippen LogP contribution in [0.15, 0.2) is 28.8 Å². The number of methoxy groups -OCH3 is 1. The van der Waals surface area contributed by atoms with Gasteiger partial charge in [0, 0.05) is 25.8 Å². The fraction of sp³-hybridized carbons (Fsp3) is 0.500. The summed E-state index contributed by atoms with van der Waals surface area (Å²) in [5.41, 5.74) is 2.20. The lowest BCUT2D eigenvalue weighted by Gasteiger charge is -2.29. The van der Waals surface area contributed by atoms with Gasteiger partial charge in [-0.15, -0.1) is 0 Å². The molecule has 0 bridgehead atoms. The van der Waals surface area contributed by atoms with E-state index in [-0.39, 0.29) is 0 Å². The third kappa shape index (κ3) is 3.49. The Hall–Kier alpha value is -1.72. The third-order valence-corrected chi connectivity index (χ3v) is 3.97. The Morgan fingerprint density at radius 3 is 2.86 bits per heavy atom. The van der Waals surface area contributed by atoms with Crippen molar-refractivity contribution in [1.82, 2.24) is 15.0 Å². The van der Waals surface area contributed by atoms with E-state index in [0.29, 0.717) is 17.8 Å². The molecule has 0 saturated carbocycles. The van der Waals surface area contributed by atoms with Gasteiger partial charge in [0.05, 0.1) is 12.6 Å². The molecule has 5 heteroatoms. The highest BCUT2D eigenvalue weighted by atomic mass is 16.5. The lowest BCUT2D eigenvalue weighted by Crippen LogP contribution is -2.36. The molecule has 1 aromatic carbocycles. The quantitative estimate of drug-likeness (QED) is 0.865. The van der Waals surface area contributed by atoms with Crippen LogP contribution in [0.2, 0.25) is 0 Å². The molecule has 112 valence electrons. The minimum atomic E-state index is 0.395. The minimum absolute atomic E-state index is 0.395. The maximum atomic E-state index is 5.38. The highest BCUT2D eigenvalue weighted by Crippen LogP contribution is 2.19. The number of hydrogen-bond donors (Lipinski definition) is 0. The van der Waals surface area contributed by atoms with Crippen molar-refractivity contribution < 1.29 is 9.26 Å². The molecule has 0 N–H and O–H groups in total. The van der Waals surface area contributed by atoms with Gasteiger partial charge in [0.25, 0.3) is 0 Å².